The lowest BCUT2D eigenvalue weighted by molar-refractivity contribution is -0.177. The highest BCUT2D eigenvalue weighted by molar-refractivity contribution is 5.75. The highest BCUT2D eigenvalue weighted by atomic mass is 19.4. The molecule has 0 saturated carbocycles. The van der Waals surface area contributed by atoms with Crippen molar-refractivity contribution in [3.63, 3.8) is 0 Å². The molecule has 7 nitrogen and oxygen atoms in total. The van der Waals surface area contributed by atoms with Gasteiger partial charge >= 0.3 is 6.18 Å². The molecule has 24 heavy (non-hydrogen) atoms. The van der Waals surface area contributed by atoms with Gasteiger partial charge in [0.1, 0.15) is 13.2 Å². The summed E-state index contributed by atoms with van der Waals surface area (Å²) in [4.78, 5) is 8.17. The summed E-state index contributed by atoms with van der Waals surface area (Å²) in [5.41, 5.74) is 1.10. The van der Waals surface area contributed by atoms with Gasteiger partial charge < -0.3 is 13.8 Å². The van der Waals surface area contributed by atoms with Gasteiger partial charge in [-0.25, -0.2) is 0 Å². The molecule has 0 N–H and O–H groups in total. The third kappa shape index (κ3) is 3.77. The van der Waals surface area contributed by atoms with E-state index in [-0.39, 0.29) is 17.6 Å². The lowest BCUT2D eigenvalue weighted by Gasteiger charge is -2.04. The van der Waals surface area contributed by atoms with Crippen LogP contribution in [0.3, 0.4) is 0 Å². The van der Waals surface area contributed by atoms with E-state index in [9.17, 15) is 13.2 Å². The van der Waals surface area contributed by atoms with Crippen molar-refractivity contribution in [2.75, 3.05) is 6.61 Å². The van der Waals surface area contributed by atoms with Gasteiger partial charge in [0.15, 0.2) is 11.6 Å². The van der Waals surface area contributed by atoms with Crippen molar-refractivity contribution in [1.29, 1.82) is 0 Å². The minimum atomic E-state index is -4.41. The van der Waals surface area contributed by atoms with E-state index in [1.54, 1.807) is 31.2 Å². The molecular formula is C14H11F3N4O3. The van der Waals surface area contributed by atoms with Crippen LogP contribution in [0, 0.1) is 6.92 Å². The predicted octanol–water partition coefficient (Wildman–Crippen LogP) is 3.17. The Morgan fingerprint density at radius 1 is 1.00 bits per heavy atom. The molecule has 0 spiro atoms. The third-order valence-electron chi connectivity index (χ3n) is 2.88. The van der Waals surface area contributed by atoms with Gasteiger partial charge in [-0.2, -0.15) is 23.1 Å². The summed E-state index contributed by atoms with van der Waals surface area (Å²) in [7, 11) is 0. The van der Waals surface area contributed by atoms with Gasteiger partial charge in [0.05, 0.1) is 11.1 Å². The first-order chi connectivity index (χ1) is 11.4. The van der Waals surface area contributed by atoms with Crippen LogP contribution < -0.4 is 0 Å². The summed E-state index contributed by atoms with van der Waals surface area (Å²) in [6.45, 7) is -0.113. The van der Waals surface area contributed by atoms with Crippen LogP contribution in [0.2, 0.25) is 0 Å². The van der Waals surface area contributed by atoms with E-state index in [0.717, 1.165) is 0 Å². The van der Waals surface area contributed by atoms with E-state index in [1.165, 1.54) is 0 Å². The number of aromatic nitrogens is 4. The minimum absolute atomic E-state index is 0.00534. The lowest BCUT2D eigenvalue weighted by atomic mass is 10.1. The molecule has 3 aromatic rings. The van der Waals surface area contributed by atoms with Crippen molar-refractivity contribution in [2.24, 2.45) is 0 Å². The Hall–Kier alpha value is -2.75. The Bertz CT molecular complexity index is 829. The molecule has 126 valence electrons. The van der Waals surface area contributed by atoms with E-state index in [2.05, 4.69) is 25.0 Å². The van der Waals surface area contributed by atoms with Crippen molar-refractivity contribution in [3.8, 4) is 22.9 Å². The number of nitrogens with zero attached hydrogens (tertiary/aromatic N) is 4. The SMILES string of the molecule is Cc1noc(-c2ccccc2-c2nc(COCC(F)(F)F)no2)n1. The second kappa shape index (κ2) is 6.40. The van der Waals surface area contributed by atoms with E-state index >= 15 is 0 Å². The van der Waals surface area contributed by atoms with Crippen molar-refractivity contribution < 1.29 is 27.0 Å². The fourth-order valence-electron chi connectivity index (χ4n) is 1.94. The van der Waals surface area contributed by atoms with Crippen LogP contribution >= 0.6 is 0 Å². The molecule has 0 saturated heterocycles. The molecule has 10 heteroatoms. The first kappa shape index (κ1) is 16.1. The van der Waals surface area contributed by atoms with Gasteiger partial charge in [0.25, 0.3) is 11.8 Å². The number of aryl methyl sites for hydroxylation is 1. The summed E-state index contributed by atoms with van der Waals surface area (Å²) < 4.78 is 50.9. The normalized spacial score (nSPS) is 11.8. The van der Waals surface area contributed by atoms with Crippen LogP contribution in [0.1, 0.15) is 11.6 Å². The highest BCUT2D eigenvalue weighted by Gasteiger charge is 2.27. The number of rotatable bonds is 5. The summed E-state index contributed by atoms with van der Waals surface area (Å²) in [5.74, 6) is 0.862. The zero-order valence-electron chi connectivity index (χ0n) is 12.4. The monoisotopic (exact) mass is 340 g/mol. The van der Waals surface area contributed by atoms with Crippen LogP contribution in [0.4, 0.5) is 13.2 Å². The first-order valence-corrected chi connectivity index (χ1v) is 6.79. The molecular weight excluding hydrogens is 329 g/mol. The second-order valence-electron chi connectivity index (χ2n) is 4.82. The fraction of sp³-hybridized carbons (Fsp3) is 0.286. The number of alkyl halides is 3. The maximum absolute atomic E-state index is 12.1. The highest BCUT2D eigenvalue weighted by Crippen LogP contribution is 2.30. The molecule has 3 rings (SSSR count). The number of benzene rings is 1. The van der Waals surface area contributed by atoms with E-state index in [1.807, 2.05) is 0 Å². The number of ether oxygens (including phenoxy) is 1. The van der Waals surface area contributed by atoms with Gasteiger partial charge in [0.2, 0.25) is 0 Å². The molecule has 2 aromatic heterocycles. The summed E-state index contributed by atoms with van der Waals surface area (Å²) >= 11 is 0. The summed E-state index contributed by atoms with van der Waals surface area (Å²) in [6.07, 6.45) is -4.41. The van der Waals surface area contributed by atoms with Gasteiger partial charge in [-0.3, -0.25) is 0 Å². The smallest absolute Gasteiger partial charge is 0.364 e. The summed E-state index contributed by atoms with van der Waals surface area (Å²) in [5, 5.41) is 7.32. The number of halogens is 3. The Kier molecular flexibility index (Phi) is 4.30. The van der Waals surface area contributed by atoms with Gasteiger partial charge in [-0.1, -0.05) is 22.4 Å². The van der Waals surface area contributed by atoms with Gasteiger partial charge in [-0.15, -0.1) is 0 Å². The van der Waals surface area contributed by atoms with Gasteiger partial charge in [-0.05, 0) is 19.1 Å². The van der Waals surface area contributed by atoms with E-state index in [4.69, 9.17) is 9.05 Å². The Morgan fingerprint density at radius 2 is 1.62 bits per heavy atom. The standard InChI is InChI=1S/C14H11F3N4O3/c1-8-18-12(23-20-8)9-4-2-3-5-10(9)13-19-11(21-24-13)6-22-7-14(15,16)17/h2-5H,6-7H2,1H3. The molecule has 0 aliphatic rings. The molecule has 0 radical (unpaired) electrons. The largest absolute Gasteiger partial charge is 0.411 e. The number of hydrogen-bond acceptors (Lipinski definition) is 7. The van der Waals surface area contributed by atoms with E-state index < -0.39 is 19.4 Å². The fourth-order valence-corrected chi connectivity index (χ4v) is 1.94. The molecule has 0 atom stereocenters. The molecule has 0 aliphatic carbocycles. The quantitative estimate of drug-likeness (QED) is 0.705. The van der Waals surface area contributed by atoms with Crippen LogP contribution in [0.5, 0.6) is 0 Å². The average Bonchev–Trinajstić information content (AvgIpc) is 3.15. The Morgan fingerprint density at radius 3 is 2.21 bits per heavy atom. The van der Waals surface area contributed by atoms with Crippen LogP contribution in [0.25, 0.3) is 22.9 Å². The molecule has 0 fully saturated rings. The van der Waals surface area contributed by atoms with Crippen molar-refractivity contribution in [3.05, 3.63) is 35.9 Å². The van der Waals surface area contributed by atoms with E-state index in [0.29, 0.717) is 17.0 Å². The Labute approximate surface area is 133 Å². The maximum atomic E-state index is 12.1. The topological polar surface area (TPSA) is 87.1 Å². The van der Waals surface area contributed by atoms with Crippen molar-refractivity contribution >= 4 is 0 Å². The zero-order chi connectivity index (χ0) is 17.2. The van der Waals surface area contributed by atoms with Crippen molar-refractivity contribution in [1.82, 2.24) is 20.3 Å². The second-order valence-corrected chi connectivity index (χ2v) is 4.82. The molecule has 0 unspecified atom stereocenters. The molecule has 2 heterocycles. The summed E-state index contributed by atoms with van der Waals surface area (Å²) in [6, 6.07) is 6.93. The molecule has 0 bridgehead atoms. The van der Waals surface area contributed by atoms with Crippen LogP contribution in [-0.2, 0) is 11.3 Å². The van der Waals surface area contributed by atoms with Crippen molar-refractivity contribution in [2.45, 2.75) is 19.7 Å². The molecule has 1 aromatic carbocycles. The first-order valence-electron chi connectivity index (χ1n) is 6.79. The van der Waals surface area contributed by atoms with Crippen LogP contribution in [-0.4, -0.2) is 33.1 Å². The zero-order valence-corrected chi connectivity index (χ0v) is 12.4. The number of hydrogen-bond donors (Lipinski definition) is 0. The van der Waals surface area contributed by atoms with Crippen LogP contribution in [0.15, 0.2) is 33.3 Å². The minimum Gasteiger partial charge on any atom is -0.364 e. The lowest BCUT2D eigenvalue weighted by Crippen LogP contribution is -2.16. The van der Waals surface area contributed by atoms with Gasteiger partial charge in [0, 0.05) is 0 Å². The maximum Gasteiger partial charge on any atom is 0.411 e. The molecule has 0 aliphatic heterocycles. The Balaban J connectivity index is 1.81. The average molecular weight is 340 g/mol. The predicted molar refractivity (Wildman–Crippen MR) is 73.5 cm³/mol. The third-order valence-corrected chi connectivity index (χ3v) is 2.88. The molecule has 0 amide bonds.